The van der Waals surface area contributed by atoms with Gasteiger partial charge >= 0.3 is 0 Å². The third kappa shape index (κ3) is 6.05. The Balaban J connectivity index is 1.91. The lowest BCUT2D eigenvalue weighted by Gasteiger charge is -2.37. The molecular formula is C17H33N3OS2. The molecule has 0 aromatic carbocycles. The Bertz CT molecular complexity index is 373. The Hall–Kier alpha value is -0.0700. The van der Waals surface area contributed by atoms with Gasteiger partial charge in [0.05, 0.1) is 6.54 Å². The Morgan fingerprint density at radius 1 is 1.22 bits per heavy atom. The fraction of sp³-hybridized carbons (Fsp3) is 0.941. The summed E-state index contributed by atoms with van der Waals surface area (Å²) in [5, 5.41) is 7.02. The van der Waals surface area contributed by atoms with Gasteiger partial charge in [0, 0.05) is 35.8 Å². The van der Waals surface area contributed by atoms with Gasteiger partial charge in [-0.25, -0.2) is 0 Å². The zero-order valence-corrected chi connectivity index (χ0v) is 16.6. The van der Waals surface area contributed by atoms with Gasteiger partial charge in [-0.3, -0.25) is 4.99 Å². The normalized spacial score (nSPS) is 27.9. The van der Waals surface area contributed by atoms with Crippen LogP contribution in [0, 0.1) is 0 Å². The lowest BCUT2D eigenvalue weighted by Crippen LogP contribution is -2.48. The number of hydrogen-bond donors (Lipinski definition) is 2. The minimum atomic E-state index is 0.301. The molecule has 1 atom stereocenters. The maximum absolute atomic E-state index is 5.56. The van der Waals surface area contributed by atoms with E-state index in [-0.39, 0.29) is 0 Å². The van der Waals surface area contributed by atoms with Crippen molar-refractivity contribution in [1.82, 2.24) is 10.6 Å². The molecule has 2 fully saturated rings. The highest BCUT2D eigenvalue weighted by molar-refractivity contribution is 8.01. The van der Waals surface area contributed by atoms with Crippen molar-refractivity contribution in [1.29, 1.82) is 0 Å². The first-order chi connectivity index (χ1) is 11.1. The van der Waals surface area contributed by atoms with Crippen LogP contribution in [-0.2, 0) is 4.74 Å². The average Bonchev–Trinajstić information content (AvgIpc) is 2.98. The minimum Gasteiger partial charge on any atom is -0.381 e. The Labute approximate surface area is 150 Å². The molecule has 6 heteroatoms. The number of thioether (sulfide) groups is 2. The molecule has 0 bridgehead atoms. The number of rotatable bonds is 7. The minimum absolute atomic E-state index is 0.301. The molecule has 4 nitrogen and oxygen atoms in total. The van der Waals surface area contributed by atoms with Gasteiger partial charge in [0.2, 0.25) is 0 Å². The van der Waals surface area contributed by atoms with Crippen LogP contribution in [0.4, 0.5) is 0 Å². The van der Waals surface area contributed by atoms with Crippen molar-refractivity contribution in [2.24, 2.45) is 4.99 Å². The number of hydrogen-bond acceptors (Lipinski definition) is 4. The van der Waals surface area contributed by atoms with Crippen LogP contribution in [-0.4, -0.2) is 59.8 Å². The predicted molar refractivity (Wildman–Crippen MR) is 105 cm³/mol. The van der Waals surface area contributed by atoms with E-state index in [0.29, 0.717) is 9.49 Å². The first kappa shape index (κ1) is 19.3. The molecule has 2 aliphatic rings. The van der Waals surface area contributed by atoms with Crippen molar-refractivity contribution in [2.75, 3.05) is 44.4 Å². The summed E-state index contributed by atoms with van der Waals surface area (Å²) >= 11 is 4.15. The lowest BCUT2D eigenvalue weighted by molar-refractivity contribution is 0.0782. The molecule has 0 spiro atoms. The summed E-state index contributed by atoms with van der Waals surface area (Å²) in [5.74, 6) is 3.42. The van der Waals surface area contributed by atoms with Gasteiger partial charge in [0.25, 0.3) is 0 Å². The van der Waals surface area contributed by atoms with E-state index >= 15 is 0 Å². The van der Waals surface area contributed by atoms with E-state index in [2.05, 4.69) is 54.9 Å². The maximum atomic E-state index is 5.56. The fourth-order valence-electron chi connectivity index (χ4n) is 3.22. The van der Waals surface area contributed by atoms with Crippen molar-refractivity contribution in [3.8, 4) is 0 Å². The fourth-order valence-corrected chi connectivity index (χ4v) is 5.68. The molecule has 2 heterocycles. The zero-order chi connectivity index (χ0) is 16.6. The summed E-state index contributed by atoms with van der Waals surface area (Å²) in [7, 11) is 0. The second-order valence-electron chi connectivity index (χ2n) is 6.68. The quantitative estimate of drug-likeness (QED) is 0.540. The number of ether oxygens (including phenoxy) is 1. The molecule has 23 heavy (non-hydrogen) atoms. The summed E-state index contributed by atoms with van der Waals surface area (Å²) in [6, 6.07) is 0. The average molecular weight is 360 g/mol. The summed E-state index contributed by atoms with van der Waals surface area (Å²) in [6.07, 6.45) is 4.88. The third-order valence-corrected chi connectivity index (χ3v) is 7.63. The summed E-state index contributed by atoms with van der Waals surface area (Å²) < 4.78 is 6.19. The third-order valence-electron chi connectivity index (χ3n) is 4.65. The van der Waals surface area contributed by atoms with Gasteiger partial charge in [-0.15, -0.1) is 0 Å². The molecule has 2 rings (SSSR count). The number of aliphatic imine (C=N–C) groups is 1. The van der Waals surface area contributed by atoms with E-state index in [1.54, 1.807) is 0 Å². The van der Waals surface area contributed by atoms with Crippen LogP contribution < -0.4 is 10.6 Å². The topological polar surface area (TPSA) is 45.7 Å². The first-order valence-electron chi connectivity index (χ1n) is 8.99. The largest absolute Gasteiger partial charge is 0.381 e. The molecule has 1 unspecified atom stereocenters. The second-order valence-corrected chi connectivity index (χ2v) is 10.1. The van der Waals surface area contributed by atoms with Crippen molar-refractivity contribution in [2.45, 2.75) is 55.9 Å². The number of nitrogens with one attached hydrogen (secondary N) is 2. The Morgan fingerprint density at radius 2 is 2.00 bits per heavy atom. The molecule has 134 valence electrons. The molecule has 0 saturated carbocycles. The Kier molecular flexibility index (Phi) is 7.89. The molecule has 0 aromatic heterocycles. The zero-order valence-electron chi connectivity index (χ0n) is 15.0. The molecule has 0 radical (unpaired) electrons. The Morgan fingerprint density at radius 3 is 2.61 bits per heavy atom. The lowest BCUT2D eigenvalue weighted by atomic mass is 9.99. The van der Waals surface area contributed by atoms with Crippen LogP contribution in [0.2, 0.25) is 0 Å². The SMILES string of the molecule is CCNC(=NCC1(C)CCCS1)NCC1(SCC)CCOCC1. The van der Waals surface area contributed by atoms with Crippen LogP contribution in [0.25, 0.3) is 0 Å². The van der Waals surface area contributed by atoms with Gasteiger partial charge in [0.1, 0.15) is 0 Å². The summed E-state index contributed by atoms with van der Waals surface area (Å²) in [6.45, 7) is 11.3. The van der Waals surface area contributed by atoms with Crippen molar-refractivity contribution >= 4 is 29.5 Å². The molecule has 2 saturated heterocycles. The maximum Gasteiger partial charge on any atom is 0.191 e. The van der Waals surface area contributed by atoms with E-state index in [0.717, 1.165) is 57.4 Å². The van der Waals surface area contributed by atoms with Crippen LogP contribution in [0.5, 0.6) is 0 Å². The van der Waals surface area contributed by atoms with Gasteiger partial charge in [-0.2, -0.15) is 23.5 Å². The summed E-state index contributed by atoms with van der Waals surface area (Å²) in [4.78, 5) is 4.88. The van der Waals surface area contributed by atoms with Crippen LogP contribution in [0.15, 0.2) is 4.99 Å². The molecule has 0 aromatic rings. The molecular weight excluding hydrogens is 326 g/mol. The first-order valence-corrected chi connectivity index (χ1v) is 11.0. The highest BCUT2D eigenvalue weighted by Crippen LogP contribution is 2.38. The van der Waals surface area contributed by atoms with Gasteiger partial charge in [-0.1, -0.05) is 6.92 Å². The van der Waals surface area contributed by atoms with Crippen molar-refractivity contribution < 1.29 is 4.74 Å². The number of guanidine groups is 1. The van der Waals surface area contributed by atoms with E-state index in [9.17, 15) is 0 Å². The van der Waals surface area contributed by atoms with E-state index in [1.807, 2.05) is 0 Å². The van der Waals surface area contributed by atoms with Crippen LogP contribution in [0.1, 0.15) is 46.5 Å². The standard InChI is InChI=1S/C17H33N3OS2/c1-4-18-15(19-13-16(3)7-6-12-23-16)20-14-17(22-5-2)8-10-21-11-9-17/h4-14H2,1-3H3,(H2,18,19,20). The van der Waals surface area contributed by atoms with Crippen molar-refractivity contribution in [3.05, 3.63) is 0 Å². The van der Waals surface area contributed by atoms with Crippen LogP contribution >= 0.6 is 23.5 Å². The van der Waals surface area contributed by atoms with Crippen molar-refractivity contribution in [3.63, 3.8) is 0 Å². The molecule has 2 aliphatic heterocycles. The smallest absolute Gasteiger partial charge is 0.191 e. The second kappa shape index (κ2) is 9.42. The van der Waals surface area contributed by atoms with E-state index in [1.165, 1.54) is 18.6 Å². The number of nitrogens with zero attached hydrogens (tertiary/aromatic N) is 1. The van der Waals surface area contributed by atoms with Gasteiger partial charge in [-0.05, 0) is 51.0 Å². The molecule has 2 N–H and O–H groups in total. The van der Waals surface area contributed by atoms with Crippen LogP contribution in [0.3, 0.4) is 0 Å². The predicted octanol–water partition coefficient (Wildman–Crippen LogP) is 3.13. The monoisotopic (exact) mass is 359 g/mol. The highest BCUT2D eigenvalue weighted by atomic mass is 32.2. The summed E-state index contributed by atoms with van der Waals surface area (Å²) in [5.41, 5.74) is 0. The highest BCUT2D eigenvalue weighted by Gasteiger charge is 2.33. The van der Waals surface area contributed by atoms with Gasteiger partial charge in [0.15, 0.2) is 5.96 Å². The molecule has 0 aliphatic carbocycles. The van der Waals surface area contributed by atoms with E-state index < -0.39 is 0 Å². The molecule has 0 amide bonds. The van der Waals surface area contributed by atoms with Gasteiger partial charge < -0.3 is 15.4 Å². The van der Waals surface area contributed by atoms with E-state index in [4.69, 9.17) is 9.73 Å².